The molecule has 1 aromatic rings. The van der Waals surface area contributed by atoms with Crippen LogP contribution in [0.15, 0.2) is 24.3 Å². The van der Waals surface area contributed by atoms with Gasteiger partial charge in [-0.05, 0) is 37.8 Å². The second kappa shape index (κ2) is 7.77. The molecule has 5 heteroatoms. The largest absolute Gasteiger partial charge is 0.381 e. The minimum atomic E-state index is -0.239. The Morgan fingerprint density at radius 3 is 2.90 bits per heavy atom. The molecule has 2 rings (SSSR count). The van der Waals surface area contributed by atoms with Crippen LogP contribution in [0.5, 0.6) is 0 Å². The minimum absolute atomic E-state index is 0.000857. The van der Waals surface area contributed by atoms with Crippen LogP contribution < -0.4 is 5.32 Å². The van der Waals surface area contributed by atoms with Gasteiger partial charge in [0, 0.05) is 7.11 Å². The molecule has 0 saturated heterocycles. The summed E-state index contributed by atoms with van der Waals surface area (Å²) in [5.74, 6) is -0.239. The number of rotatable bonds is 5. The Balaban J connectivity index is 1.81. The first-order chi connectivity index (χ1) is 10.2. The normalized spacial score (nSPS) is 21.5. The molecule has 0 aromatic heterocycles. The van der Waals surface area contributed by atoms with Crippen molar-refractivity contribution >= 4 is 11.6 Å². The number of nitrogens with zero attached hydrogens (tertiary/aromatic N) is 1. The van der Waals surface area contributed by atoms with Crippen LogP contribution in [0.4, 0.5) is 5.69 Å². The molecule has 0 heterocycles. The second-order valence-electron chi connectivity index (χ2n) is 5.16. The highest BCUT2D eigenvalue weighted by Gasteiger charge is 2.22. The van der Waals surface area contributed by atoms with Gasteiger partial charge in [-0.2, -0.15) is 5.26 Å². The first-order valence-electron chi connectivity index (χ1n) is 7.16. The molecular weight excluding hydrogens is 268 g/mol. The molecule has 1 fully saturated rings. The Morgan fingerprint density at radius 1 is 1.38 bits per heavy atom. The van der Waals surface area contributed by atoms with Crippen LogP contribution >= 0.6 is 0 Å². The molecule has 5 nitrogen and oxygen atoms in total. The van der Waals surface area contributed by atoms with Gasteiger partial charge in [0.05, 0.1) is 23.5 Å². The Kier molecular flexibility index (Phi) is 5.73. The number of amides is 1. The van der Waals surface area contributed by atoms with Gasteiger partial charge in [-0.1, -0.05) is 12.1 Å². The number of benzene rings is 1. The molecule has 112 valence electrons. The lowest BCUT2D eigenvalue weighted by Crippen LogP contribution is -2.30. The topological polar surface area (TPSA) is 71.3 Å². The van der Waals surface area contributed by atoms with E-state index in [2.05, 4.69) is 5.32 Å². The quantitative estimate of drug-likeness (QED) is 0.903. The molecule has 21 heavy (non-hydrogen) atoms. The third kappa shape index (κ3) is 4.55. The van der Waals surface area contributed by atoms with Crippen molar-refractivity contribution in [2.45, 2.75) is 37.9 Å². The maximum atomic E-state index is 11.9. The van der Waals surface area contributed by atoms with E-state index in [0.717, 1.165) is 25.7 Å². The first-order valence-corrected chi connectivity index (χ1v) is 7.16. The predicted molar refractivity (Wildman–Crippen MR) is 78.8 cm³/mol. The van der Waals surface area contributed by atoms with Crippen LogP contribution in [0.3, 0.4) is 0 Å². The minimum Gasteiger partial charge on any atom is -0.381 e. The van der Waals surface area contributed by atoms with Crippen LogP contribution in [0.1, 0.15) is 31.2 Å². The van der Waals surface area contributed by atoms with Crippen molar-refractivity contribution in [1.29, 1.82) is 5.26 Å². The number of hydrogen-bond donors (Lipinski definition) is 1. The van der Waals surface area contributed by atoms with Crippen molar-refractivity contribution in [3.63, 3.8) is 0 Å². The fourth-order valence-electron chi connectivity index (χ4n) is 2.54. The summed E-state index contributed by atoms with van der Waals surface area (Å²) in [6, 6.07) is 8.96. The molecule has 0 aliphatic heterocycles. The monoisotopic (exact) mass is 288 g/mol. The van der Waals surface area contributed by atoms with Crippen LogP contribution in [0, 0.1) is 11.3 Å². The van der Waals surface area contributed by atoms with Gasteiger partial charge in [0.15, 0.2) is 0 Å². The zero-order valence-electron chi connectivity index (χ0n) is 12.2. The Bertz CT molecular complexity index is 524. The number of nitriles is 1. The standard InChI is InChI=1S/C16H20N2O3/c1-20-13-6-4-7-14(9-13)21-11-16(19)18-15-8-3-2-5-12(15)10-17/h2-3,5,8,13-14H,4,6-7,9,11H2,1H3,(H,18,19). The maximum absolute atomic E-state index is 11.9. The van der Waals surface area contributed by atoms with E-state index in [0.29, 0.717) is 11.3 Å². The van der Waals surface area contributed by atoms with Gasteiger partial charge in [-0.3, -0.25) is 4.79 Å². The number of carbonyl (C=O) groups excluding carboxylic acids is 1. The van der Waals surface area contributed by atoms with E-state index in [1.165, 1.54) is 0 Å². The fourth-order valence-corrected chi connectivity index (χ4v) is 2.54. The Hall–Kier alpha value is -1.90. The van der Waals surface area contributed by atoms with Crippen LogP contribution in [0.25, 0.3) is 0 Å². The zero-order chi connectivity index (χ0) is 15.1. The number of anilines is 1. The molecule has 1 aliphatic carbocycles. The van der Waals surface area contributed by atoms with E-state index in [1.807, 2.05) is 6.07 Å². The molecule has 1 aliphatic rings. The van der Waals surface area contributed by atoms with Gasteiger partial charge in [0.2, 0.25) is 5.91 Å². The van der Waals surface area contributed by atoms with Gasteiger partial charge < -0.3 is 14.8 Å². The second-order valence-corrected chi connectivity index (χ2v) is 5.16. The number of ether oxygens (including phenoxy) is 2. The summed E-state index contributed by atoms with van der Waals surface area (Å²) in [5, 5.41) is 11.7. The number of hydrogen-bond acceptors (Lipinski definition) is 4. The van der Waals surface area contributed by atoms with Crippen LogP contribution in [-0.4, -0.2) is 31.8 Å². The molecular formula is C16H20N2O3. The van der Waals surface area contributed by atoms with Crippen LogP contribution in [-0.2, 0) is 14.3 Å². The molecule has 1 N–H and O–H groups in total. The fraction of sp³-hybridized carbons (Fsp3) is 0.500. The van der Waals surface area contributed by atoms with Crippen LogP contribution in [0.2, 0.25) is 0 Å². The van der Waals surface area contributed by atoms with E-state index >= 15 is 0 Å². The first kappa shape index (κ1) is 15.5. The third-order valence-electron chi connectivity index (χ3n) is 3.68. The van der Waals surface area contributed by atoms with Crippen molar-refractivity contribution in [1.82, 2.24) is 0 Å². The number of methoxy groups -OCH3 is 1. The highest BCUT2D eigenvalue weighted by Crippen LogP contribution is 2.23. The number of para-hydroxylation sites is 1. The highest BCUT2D eigenvalue weighted by atomic mass is 16.5. The van der Waals surface area contributed by atoms with Crippen molar-refractivity contribution in [2.24, 2.45) is 0 Å². The van der Waals surface area contributed by atoms with Crippen molar-refractivity contribution < 1.29 is 14.3 Å². The molecule has 1 amide bonds. The maximum Gasteiger partial charge on any atom is 0.250 e. The van der Waals surface area contributed by atoms with Gasteiger partial charge in [-0.15, -0.1) is 0 Å². The summed E-state index contributed by atoms with van der Waals surface area (Å²) in [6.07, 6.45) is 4.20. The lowest BCUT2D eigenvalue weighted by Gasteiger charge is -2.27. The Labute approximate surface area is 124 Å². The number of nitrogens with one attached hydrogen (secondary N) is 1. The summed E-state index contributed by atoms with van der Waals surface area (Å²) >= 11 is 0. The van der Waals surface area contributed by atoms with Gasteiger partial charge >= 0.3 is 0 Å². The molecule has 1 saturated carbocycles. The summed E-state index contributed by atoms with van der Waals surface area (Å²) in [4.78, 5) is 11.9. The van der Waals surface area contributed by atoms with E-state index in [9.17, 15) is 4.79 Å². The summed E-state index contributed by atoms with van der Waals surface area (Å²) in [5.41, 5.74) is 0.968. The van der Waals surface area contributed by atoms with Gasteiger partial charge in [-0.25, -0.2) is 0 Å². The van der Waals surface area contributed by atoms with E-state index < -0.39 is 0 Å². The van der Waals surface area contributed by atoms with E-state index in [4.69, 9.17) is 14.7 Å². The average molecular weight is 288 g/mol. The van der Waals surface area contributed by atoms with Gasteiger partial charge in [0.1, 0.15) is 12.7 Å². The smallest absolute Gasteiger partial charge is 0.250 e. The predicted octanol–water partition coefficient (Wildman–Crippen LogP) is 2.47. The lowest BCUT2D eigenvalue weighted by molar-refractivity contribution is -0.124. The Morgan fingerprint density at radius 2 is 2.14 bits per heavy atom. The zero-order valence-corrected chi connectivity index (χ0v) is 12.2. The van der Waals surface area contributed by atoms with E-state index in [-0.39, 0.29) is 24.7 Å². The van der Waals surface area contributed by atoms with Crippen molar-refractivity contribution in [2.75, 3.05) is 19.0 Å². The summed E-state index contributed by atoms with van der Waals surface area (Å²) in [6.45, 7) is 0.000857. The molecule has 0 bridgehead atoms. The van der Waals surface area contributed by atoms with Crippen molar-refractivity contribution in [3.05, 3.63) is 29.8 Å². The average Bonchev–Trinajstić information content (AvgIpc) is 2.53. The van der Waals surface area contributed by atoms with Crippen molar-refractivity contribution in [3.8, 4) is 6.07 Å². The molecule has 0 radical (unpaired) electrons. The SMILES string of the molecule is COC1CCCC(OCC(=O)Nc2ccccc2C#N)C1. The highest BCUT2D eigenvalue weighted by molar-refractivity contribution is 5.92. The third-order valence-corrected chi connectivity index (χ3v) is 3.68. The van der Waals surface area contributed by atoms with E-state index in [1.54, 1.807) is 31.4 Å². The number of carbonyl (C=O) groups is 1. The molecule has 2 unspecified atom stereocenters. The van der Waals surface area contributed by atoms with Gasteiger partial charge in [0.25, 0.3) is 0 Å². The molecule has 1 aromatic carbocycles. The summed E-state index contributed by atoms with van der Waals surface area (Å²) < 4.78 is 11.0. The molecule has 0 spiro atoms. The molecule has 2 atom stereocenters. The lowest BCUT2D eigenvalue weighted by atomic mass is 9.95. The summed E-state index contributed by atoms with van der Waals surface area (Å²) in [7, 11) is 1.71.